The van der Waals surface area contributed by atoms with Gasteiger partial charge in [-0.05, 0) is 12.5 Å². The van der Waals surface area contributed by atoms with E-state index in [0.29, 0.717) is 5.69 Å². The summed E-state index contributed by atoms with van der Waals surface area (Å²) in [4.78, 5) is 10.7. The SMILES string of the molecule is CCc1cc(CS(=O)(=O)CC(C)C(=O)O)n(C)n1. The molecule has 0 amide bonds. The first-order chi connectivity index (χ1) is 8.25. The topological polar surface area (TPSA) is 89.3 Å². The number of carboxylic acid groups (broad SMARTS) is 1. The second-order valence-corrected chi connectivity index (χ2v) is 6.51. The Labute approximate surface area is 107 Å². The third kappa shape index (κ3) is 3.83. The van der Waals surface area contributed by atoms with Crippen molar-refractivity contribution in [1.82, 2.24) is 9.78 Å². The fourth-order valence-corrected chi connectivity index (χ4v) is 3.36. The van der Waals surface area contributed by atoms with Gasteiger partial charge in [0, 0.05) is 7.05 Å². The number of aliphatic carboxylic acids is 1. The maximum Gasteiger partial charge on any atom is 0.307 e. The predicted octanol–water partition coefficient (Wildman–Crippen LogP) is 0.618. The summed E-state index contributed by atoms with van der Waals surface area (Å²) in [6.07, 6.45) is 0.736. The Balaban J connectivity index is 2.82. The van der Waals surface area contributed by atoms with E-state index in [0.717, 1.165) is 12.1 Å². The van der Waals surface area contributed by atoms with Crippen molar-refractivity contribution in [3.8, 4) is 0 Å². The van der Waals surface area contributed by atoms with Gasteiger partial charge in [-0.1, -0.05) is 13.8 Å². The Morgan fingerprint density at radius 3 is 2.61 bits per heavy atom. The smallest absolute Gasteiger partial charge is 0.307 e. The first-order valence-corrected chi connectivity index (χ1v) is 7.52. The van der Waals surface area contributed by atoms with Crippen LogP contribution in [0.5, 0.6) is 0 Å². The van der Waals surface area contributed by atoms with Crippen LogP contribution in [-0.4, -0.2) is 35.0 Å². The van der Waals surface area contributed by atoms with Crippen molar-refractivity contribution >= 4 is 15.8 Å². The second kappa shape index (κ2) is 5.51. The largest absolute Gasteiger partial charge is 0.481 e. The van der Waals surface area contributed by atoms with Gasteiger partial charge in [-0.15, -0.1) is 0 Å². The van der Waals surface area contributed by atoms with Gasteiger partial charge in [0.15, 0.2) is 9.84 Å². The Hall–Kier alpha value is -1.37. The van der Waals surface area contributed by atoms with Crippen LogP contribution in [0.3, 0.4) is 0 Å². The van der Waals surface area contributed by atoms with Gasteiger partial charge in [0.25, 0.3) is 0 Å². The fourth-order valence-electron chi connectivity index (χ4n) is 1.62. The molecule has 0 aromatic carbocycles. The van der Waals surface area contributed by atoms with Gasteiger partial charge in [-0.3, -0.25) is 9.48 Å². The van der Waals surface area contributed by atoms with E-state index in [2.05, 4.69) is 5.10 Å². The average molecular weight is 274 g/mol. The number of sulfone groups is 1. The molecule has 1 unspecified atom stereocenters. The lowest BCUT2D eigenvalue weighted by molar-refractivity contribution is -0.140. The van der Waals surface area contributed by atoms with E-state index < -0.39 is 21.7 Å². The molecular formula is C11H18N2O4S. The van der Waals surface area contributed by atoms with E-state index in [9.17, 15) is 13.2 Å². The minimum absolute atomic E-state index is 0.173. The number of carbonyl (C=O) groups is 1. The van der Waals surface area contributed by atoms with E-state index in [1.54, 1.807) is 13.1 Å². The van der Waals surface area contributed by atoms with Crippen LogP contribution in [0.2, 0.25) is 0 Å². The summed E-state index contributed by atoms with van der Waals surface area (Å²) < 4.78 is 25.2. The summed E-state index contributed by atoms with van der Waals surface area (Å²) in [6.45, 7) is 3.33. The Kier molecular flexibility index (Phi) is 4.50. The van der Waals surface area contributed by atoms with Crippen LogP contribution in [0.25, 0.3) is 0 Å². The predicted molar refractivity (Wildman–Crippen MR) is 66.9 cm³/mol. The third-order valence-electron chi connectivity index (χ3n) is 2.68. The minimum Gasteiger partial charge on any atom is -0.481 e. The van der Waals surface area contributed by atoms with Gasteiger partial charge >= 0.3 is 5.97 Å². The molecule has 1 aromatic heterocycles. The molecule has 0 aliphatic carbocycles. The van der Waals surface area contributed by atoms with Gasteiger partial charge in [-0.25, -0.2) is 8.42 Å². The molecule has 1 atom stereocenters. The van der Waals surface area contributed by atoms with Crippen molar-refractivity contribution < 1.29 is 18.3 Å². The average Bonchev–Trinajstić information content (AvgIpc) is 2.58. The van der Waals surface area contributed by atoms with Gasteiger partial charge in [0.1, 0.15) is 0 Å². The first kappa shape index (κ1) is 14.7. The van der Waals surface area contributed by atoms with Crippen LogP contribution in [0, 0.1) is 5.92 Å². The molecule has 18 heavy (non-hydrogen) atoms. The van der Waals surface area contributed by atoms with Crippen molar-refractivity contribution in [2.45, 2.75) is 26.0 Å². The summed E-state index contributed by atoms with van der Waals surface area (Å²) >= 11 is 0. The Bertz CT molecular complexity index is 533. The third-order valence-corrected chi connectivity index (χ3v) is 4.43. The van der Waals surface area contributed by atoms with Gasteiger partial charge in [0.2, 0.25) is 0 Å². The molecule has 1 N–H and O–H groups in total. The summed E-state index contributed by atoms with van der Waals surface area (Å²) in [5.74, 6) is -2.52. The number of aryl methyl sites for hydroxylation is 2. The summed E-state index contributed by atoms with van der Waals surface area (Å²) in [7, 11) is -1.75. The monoisotopic (exact) mass is 274 g/mol. The van der Waals surface area contributed by atoms with E-state index in [1.165, 1.54) is 11.6 Å². The van der Waals surface area contributed by atoms with Crippen molar-refractivity contribution in [2.75, 3.05) is 5.75 Å². The molecule has 0 fully saturated rings. The first-order valence-electron chi connectivity index (χ1n) is 5.70. The number of rotatable bonds is 6. The lowest BCUT2D eigenvalue weighted by Gasteiger charge is -2.07. The van der Waals surface area contributed by atoms with Crippen LogP contribution in [0.15, 0.2) is 6.07 Å². The molecule has 0 spiro atoms. The number of carboxylic acids is 1. The highest BCUT2D eigenvalue weighted by molar-refractivity contribution is 7.90. The quantitative estimate of drug-likeness (QED) is 0.821. The van der Waals surface area contributed by atoms with Gasteiger partial charge in [0.05, 0.1) is 28.8 Å². The molecule has 0 bridgehead atoms. The van der Waals surface area contributed by atoms with E-state index in [4.69, 9.17) is 5.11 Å². The van der Waals surface area contributed by atoms with Crippen LogP contribution in [-0.2, 0) is 33.9 Å². The maximum atomic E-state index is 11.9. The second-order valence-electron chi connectivity index (χ2n) is 4.40. The zero-order valence-electron chi connectivity index (χ0n) is 10.8. The van der Waals surface area contributed by atoms with E-state index >= 15 is 0 Å². The van der Waals surface area contributed by atoms with Crippen LogP contribution < -0.4 is 0 Å². The molecule has 0 saturated heterocycles. The number of hydrogen-bond donors (Lipinski definition) is 1. The van der Waals surface area contributed by atoms with E-state index in [1.807, 2.05) is 6.92 Å². The lowest BCUT2D eigenvalue weighted by Crippen LogP contribution is -2.22. The molecule has 102 valence electrons. The highest BCUT2D eigenvalue weighted by Gasteiger charge is 2.22. The Morgan fingerprint density at radius 2 is 2.17 bits per heavy atom. The summed E-state index contributed by atoms with van der Waals surface area (Å²) in [5, 5.41) is 12.9. The molecular weight excluding hydrogens is 256 g/mol. The molecule has 0 aliphatic heterocycles. The number of nitrogens with zero attached hydrogens (tertiary/aromatic N) is 2. The zero-order valence-corrected chi connectivity index (χ0v) is 11.6. The molecule has 6 nitrogen and oxygen atoms in total. The standard InChI is InChI=1S/C11H18N2O4S/c1-4-9-5-10(13(3)12-9)7-18(16,17)6-8(2)11(14)15/h5,8H,4,6-7H2,1-3H3,(H,14,15). The highest BCUT2D eigenvalue weighted by Crippen LogP contribution is 2.11. The molecule has 1 rings (SSSR count). The Morgan fingerprint density at radius 1 is 1.56 bits per heavy atom. The minimum atomic E-state index is -3.44. The van der Waals surface area contributed by atoms with Crippen molar-refractivity contribution in [3.05, 3.63) is 17.5 Å². The van der Waals surface area contributed by atoms with Crippen LogP contribution >= 0.6 is 0 Å². The summed E-state index contributed by atoms with van der Waals surface area (Å²) in [6, 6.07) is 1.74. The molecule has 0 saturated carbocycles. The van der Waals surface area contributed by atoms with E-state index in [-0.39, 0.29) is 11.5 Å². The molecule has 0 radical (unpaired) electrons. The lowest BCUT2D eigenvalue weighted by atomic mass is 10.2. The zero-order chi connectivity index (χ0) is 13.9. The van der Waals surface area contributed by atoms with Crippen molar-refractivity contribution in [1.29, 1.82) is 0 Å². The van der Waals surface area contributed by atoms with Crippen LogP contribution in [0.4, 0.5) is 0 Å². The molecule has 7 heteroatoms. The molecule has 1 heterocycles. The normalized spacial score (nSPS) is 13.5. The van der Waals surface area contributed by atoms with Crippen LogP contribution in [0.1, 0.15) is 25.2 Å². The van der Waals surface area contributed by atoms with Crippen molar-refractivity contribution in [3.63, 3.8) is 0 Å². The highest BCUT2D eigenvalue weighted by atomic mass is 32.2. The van der Waals surface area contributed by atoms with Crippen molar-refractivity contribution in [2.24, 2.45) is 13.0 Å². The fraction of sp³-hybridized carbons (Fsp3) is 0.636. The molecule has 0 aliphatic rings. The van der Waals surface area contributed by atoms with Gasteiger partial charge < -0.3 is 5.11 Å². The van der Waals surface area contributed by atoms with Gasteiger partial charge in [-0.2, -0.15) is 5.10 Å². The maximum absolute atomic E-state index is 11.9. The number of aromatic nitrogens is 2. The number of hydrogen-bond acceptors (Lipinski definition) is 4. The summed E-state index contributed by atoms with van der Waals surface area (Å²) in [5.41, 5.74) is 1.42. The molecule has 1 aromatic rings.